The summed E-state index contributed by atoms with van der Waals surface area (Å²) in [6, 6.07) is 23.7. The smallest absolute Gasteiger partial charge is 0.250 e. The highest BCUT2D eigenvalue weighted by molar-refractivity contribution is 7.99. The third-order valence-corrected chi connectivity index (χ3v) is 6.00. The average molecular weight is 475 g/mol. The molecule has 174 valence electrons. The highest BCUT2D eigenvalue weighted by atomic mass is 32.2. The van der Waals surface area contributed by atoms with Crippen molar-refractivity contribution in [2.45, 2.75) is 18.6 Å². The molecule has 1 amide bonds. The molecular weight excluding hydrogens is 448 g/mol. The SMILES string of the molecule is CCOc1ccc(C=NNC(=O)CSc2nc3ccccc3n2Cc2ccccc2)cc1OC. The van der Waals surface area contributed by atoms with Gasteiger partial charge in [-0.3, -0.25) is 4.79 Å². The fraction of sp³-hybridized carbons (Fsp3) is 0.192. The number of methoxy groups -OCH3 is 1. The van der Waals surface area contributed by atoms with Crippen LogP contribution in [0.5, 0.6) is 11.5 Å². The van der Waals surface area contributed by atoms with Crippen molar-refractivity contribution in [2.24, 2.45) is 5.10 Å². The van der Waals surface area contributed by atoms with E-state index in [9.17, 15) is 4.79 Å². The van der Waals surface area contributed by atoms with Gasteiger partial charge in [-0.15, -0.1) is 0 Å². The molecule has 0 aliphatic heterocycles. The van der Waals surface area contributed by atoms with Crippen LogP contribution in [-0.2, 0) is 11.3 Å². The second-order valence-electron chi connectivity index (χ2n) is 7.38. The number of rotatable bonds is 10. The summed E-state index contributed by atoms with van der Waals surface area (Å²) in [6.45, 7) is 3.15. The number of aromatic nitrogens is 2. The lowest BCUT2D eigenvalue weighted by Crippen LogP contribution is -2.20. The van der Waals surface area contributed by atoms with Gasteiger partial charge in [0.2, 0.25) is 0 Å². The Bertz CT molecular complexity index is 1290. The fourth-order valence-corrected chi connectivity index (χ4v) is 4.27. The van der Waals surface area contributed by atoms with Gasteiger partial charge in [-0.2, -0.15) is 5.10 Å². The van der Waals surface area contributed by atoms with E-state index in [4.69, 9.17) is 14.5 Å². The Hall–Kier alpha value is -3.78. The van der Waals surface area contributed by atoms with Crippen LogP contribution in [0.3, 0.4) is 0 Å². The summed E-state index contributed by atoms with van der Waals surface area (Å²) >= 11 is 1.39. The van der Waals surface area contributed by atoms with E-state index in [1.54, 1.807) is 19.4 Å². The number of benzene rings is 3. The third kappa shape index (κ3) is 5.77. The van der Waals surface area contributed by atoms with Crippen LogP contribution in [-0.4, -0.2) is 41.1 Å². The standard InChI is InChI=1S/C26H26N4O3S/c1-3-33-23-14-13-20(15-24(23)32-2)16-27-29-25(31)18-34-26-28-21-11-7-8-12-22(21)30(26)17-19-9-5-4-6-10-19/h4-16H,3,17-18H2,1-2H3,(H,29,31). The average Bonchev–Trinajstić information content (AvgIpc) is 3.21. The van der Waals surface area contributed by atoms with E-state index in [0.717, 1.165) is 21.8 Å². The van der Waals surface area contributed by atoms with Crippen molar-refractivity contribution in [3.8, 4) is 11.5 Å². The van der Waals surface area contributed by atoms with Gasteiger partial charge in [0.25, 0.3) is 5.91 Å². The number of hydrogen-bond acceptors (Lipinski definition) is 6. The predicted octanol–water partition coefficient (Wildman–Crippen LogP) is 4.73. The number of nitrogens with zero attached hydrogens (tertiary/aromatic N) is 3. The molecule has 8 heteroatoms. The summed E-state index contributed by atoms with van der Waals surface area (Å²) in [5.41, 5.74) is 6.49. The van der Waals surface area contributed by atoms with Crippen LogP contribution in [0, 0.1) is 0 Å². The number of amides is 1. The topological polar surface area (TPSA) is 77.7 Å². The van der Waals surface area contributed by atoms with Crippen LogP contribution >= 0.6 is 11.8 Å². The number of fused-ring (bicyclic) bond motifs is 1. The zero-order valence-electron chi connectivity index (χ0n) is 19.1. The second kappa shape index (κ2) is 11.4. The van der Waals surface area contributed by atoms with Gasteiger partial charge in [0.05, 0.1) is 43.3 Å². The van der Waals surface area contributed by atoms with Crippen molar-refractivity contribution in [1.82, 2.24) is 15.0 Å². The first kappa shape index (κ1) is 23.4. The Morgan fingerprint density at radius 1 is 1.09 bits per heavy atom. The molecule has 0 fully saturated rings. The van der Waals surface area contributed by atoms with Crippen molar-refractivity contribution in [1.29, 1.82) is 0 Å². The van der Waals surface area contributed by atoms with Gasteiger partial charge in [0.15, 0.2) is 16.7 Å². The van der Waals surface area contributed by atoms with Gasteiger partial charge in [-0.25, -0.2) is 10.4 Å². The predicted molar refractivity (Wildman–Crippen MR) is 136 cm³/mol. The summed E-state index contributed by atoms with van der Waals surface area (Å²) < 4.78 is 13.0. The van der Waals surface area contributed by atoms with Crippen molar-refractivity contribution < 1.29 is 14.3 Å². The molecular formula is C26H26N4O3S. The molecule has 3 aromatic carbocycles. The van der Waals surface area contributed by atoms with Gasteiger partial charge in [-0.1, -0.05) is 54.2 Å². The van der Waals surface area contributed by atoms with Crippen molar-refractivity contribution in [2.75, 3.05) is 19.5 Å². The summed E-state index contributed by atoms with van der Waals surface area (Å²) in [4.78, 5) is 17.2. The van der Waals surface area contributed by atoms with Crippen LogP contribution < -0.4 is 14.9 Å². The van der Waals surface area contributed by atoms with Crippen LogP contribution in [0.4, 0.5) is 0 Å². The van der Waals surface area contributed by atoms with E-state index in [1.165, 1.54) is 17.3 Å². The first-order chi connectivity index (χ1) is 16.7. The number of hydrazone groups is 1. The normalized spacial score (nSPS) is 11.1. The number of imidazole rings is 1. The van der Waals surface area contributed by atoms with E-state index in [1.807, 2.05) is 61.5 Å². The lowest BCUT2D eigenvalue weighted by Gasteiger charge is -2.09. The number of nitrogens with one attached hydrogen (secondary N) is 1. The van der Waals surface area contributed by atoms with Crippen LogP contribution in [0.15, 0.2) is 83.1 Å². The van der Waals surface area contributed by atoms with E-state index in [2.05, 4.69) is 27.2 Å². The van der Waals surface area contributed by atoms with Gasteiger partial charge in [0, 0.05) is 0 Å². The zero-order chi connectivity index (χ0) is 23.8. The summed E-state index contributed by atoms with van der Waals surface area (Å²) in [6.07, 6.45) is 1.57. The molecule has 0 spiro atoms. The van der Waals surface area contributed by atoms with Crippen LogP contribution in [0.25, 0.3) is 11.0 Å². The van der Waals surface area contributed by atoms with E-state index < -0.39 is 0 Å². The quantitative estimate of drug-likeness (QED) is 0.204. The molecule has 0 bridgehead atoms. The number of carbonyl (C=O) groups is 1. The van der Waals surface area contributed by atoms with Gasteiger partial charge >= 0.3 is 0 Å². The Labute approximate surface area is 202 Å². The minimum absolute atomic E-state index is 0.196. The van der Waals surface area contributed by atoms with E-state index >= 15 is 0 Å². The van der Waals surface area contributed by atoms with Gasteiger partial charge < -0.3 is 14.0 Å². The molecule has 0 atom stereocenters. The number of hydrogen-bond donors (Lipinski definition) is 1. The monoisotopic (exact) mass is 474 g/mol. The lowest BCUT2D eigenvalue weighted by atomic mass is 10.2. The molecule has 0 unspecified atom stereocenters. The molecule has 1 N–H and O–H groups in total. The second-order valence-corrected chi connectivity index (χ2v) is 8.32. The minimum Gasteiger partial charge on any atom is -0.493 e. The van der Waals surface area contributed by atoms with Gasteiger partial charge in [-0.05, 0) is 48.4 Å². The number of ether oxygens (including phenoxy) is 2. The maximum atomic E-state index is 12.4. The molecule has 34 heavy (non-hydrogen) atoms. The largest absolute Gasteiger partial charge is 0.493 e. The Balaban J connectivity index is 1.40. The highest BCUT2D eigenvalue weighted by Crippen LogP contribution is 2.27. The number of thioether (sulfide) groups is 1. The molecule has 1 heterocycles. The lowest BCUT2D eigenvalue weighted by molar-refractivity contribution is -0.118. The molecule has 0 aliphatic rings. The summed E-state index contributed by atoms with van der Waals surface area (Å²) in [5.74, 6) is 1.27. The first-order valence-corrected chi connectivity index (χ1v) is 11.9. The zero-order valence-corrected chi connectivity index (χ0v) is 19.9. The fourth-order valence-electron chi connectivity index (χ4n) is 3.46. The highest BCUT2D eigenvalue weighted by Gasteiger charge is 2.13. The maximum absolute atomic E-state index is 12.4. The minimum atomic E-state index is -0.211. The van der Waals surface area contributed by atoms with Crippen LogP contribution in [0.2, 0.25) is 0 Å². The van der Waals surface area contributed by atoms with Crippen molar-refractivity contribution in [3.05, 3.63) is 83.9 Å². The molecule has 1 aromatic heterocycles. The number of carbonyl (C=O) groups excluding carboxylic acids is 1. The van der Waals surface area contributed by atoms with Crippen molar-refractivity contribution >= 4 is 34.9 Å². The van der Waals surface area contributed by atoms with Crippen molar-refractivity contribution in [3.63, 3.8) is 0 Å². The summed E-state index contributed by atoms with van der Waals surface area (Å²) in [5, 5.41) is 4.87. The summed E-state index contributed by atoms with van der Waals surface area (Å²) in [7, 11) is 1.59. The van der Waals surface area contributed by atoms with E-state index in [-0.39, 0.29) is 11.7 Å². The molecule has 0 aliphatic carbocycles. The number of para-hydroxylation sites is 2. The van der Waals surface area contributed by atoms with Gasteiger partial charge in [0.1, 0.15) is 0 Å². The van der Waals surface area contributed by atoms with E-state index in [0.29, 0.717) is 24.7 Å². The molecule has 0 saturated heterocycles. The molecule has 7 nitrogen and oxygen atoms in total. The molecule has 0 radical (unpaired) electrons. The maximum Gasteiger partial charge on any atom is 0.250 e. The Morgan fingerprint density at radius 2 is 1.88 bits per heavy atom. The molecule has 4 aromatic rings. The Kier molecular flexibility index (Phi) is 7.83. The third-order valence-electron chi connectivity index (χ3n) is 5.03. The molecule has 0 saturated carbocycles. The Morgan fingerprint density at radius 3 is 2.68 bits per heavy atom. The van der Waals surface area contributed by atoms with Crippen LogP contribution in [0.1, 0.15) is 18.1 Å². The first-order valence-electron chi connectivity index (χ1n) is 10.9. The molecule has 4 rings (SSSR count).